The molecule has 0 unspecified atom stereocenters. The minimum absolute atomic E-state index is 0.00248. The van der Waals surface area contributed by atoms with E-state index in [0.717, 1.165) is 30.6 Å². The Morgan fingerprint density at radius 3 is 2.50 bits per heavy atom. The summed E-state index contributed by atoms with van der Waals surface area (Å²) in [5.74, 6) is -0.0318. The quantitative estimate of drug-likeness (QED) is 0.839. The highest BCUT2D eigenvalue weighted by atomic mass is 32.2. The lowest BCUT2D eigenvalue weighted by molar-refractivity contribution is -0.123. The third-order valence-electron chi connectivity index (χ3n) is 5.33. The van der Waals surface area contributed by atoms with Crippen LogP contribution >= 0.6 is 11.8 Å². The zero-order valence-electron chi connectivity index (χ0n) is 16.7. The Morgan fingerprint density at radius 1 is 1.14 bits per heavy atom. The first-order valence-corrected chi connectivity index (χ1v) is 11.0. The third kappa shape index (κ3) is 5.07. The molecular weight excluding hydrogens is 374 g/mol. The Morgan fingerprint density at radius 2 is 1.82 bits per heavy atom. The molecule has 0 atom stereocenters. The number of anilines is 1. The molecule has 0 spiro atoms. The van der Waals surface area contributed by atoms with Crippen molar-refractivity contribution in [2.45, 2.75) is 55.9 Å². The Kier molecular flexibility index (Phi) is 6.99. The number of hydrogen-bond donors (Lipinski definition) is 1. The van der Waals surface area contributed by atoms with Crippen molar-refractivity contribution in [2.75, 3.05) is 31.3 Å². The topological polar surface area (TPSA) is 69.7 Å². The molecule has 1 aliphatic heterocycles. The fourth-order valence-electron chi connectivity index (χ4n) is 3.78. The maximum Gasteiger partial charge on any atom is 0.253 e. The second-order valence-electron chi connectivity index (χ2n) is 7.76. The van der Waals surface area contributed by atoms with Gasteiger partial charge in [-0.2, -0.15) is 0 Å². The van der Waals surface area contributed by atoms with Gasteiger partial charge in [0.2, 0.25) is 11.8 Å². The molecule has 1 heterocycles. The van der Waals surface area contributed by atoms with Crippen molar-refractivity contribution in [2.24, 2.45) is 0 Å². The molecule has 28 heavy (non-hydrogen) atoms. The molecule has 0 radical (unpaired) electrons. The first-order chi connectivity index (χ1) is 13.5. The number of thioether (sulfide) groups is 1. The number of benzene rings is 1. The average Bonchev–Trinajstić information content (AvgIpc) is 2.65. The Balaban J connectivity index is 1.72. The van der Waals surface area contributed by atoms with Gasteiger partial charge in [0.05, 0.1) is 11.4 Å². The summed E-state index contributed by atoms with van der Waals surface area (Å²) in [4.78, 5) is 41.5. The number of nitrogens with one attached hydrogen (secondary N) is 1. The van der Waals surface area contributed by atoms with Gasteiger partial charge in [0.25, 0.3) is 5.91 Å². The molecular formula is C21H29N3O3S. The van der Waals surface area contributed by atoms with Crippen LogP contribution < -0.4 is 10.2 Å². The van der Waals surface area contributed by atoms with E-state index in [1.807, 2.05) is 6.07 Å². The summed E-state index contributed by atoms with van der Waals surface area (Å²) in [5, 5.41) is 3.13. The summed E-state index contributed by atoms with van der Waals surface area (Å²) in [5.41, 5.74) is 1.17. The van der Waals surface area contributed by atoms with E-state index in [1.165, 1.54) is 40.8 Å². The van der Waals surface area contributed by atoms with E-state index < -0.39 is 0 Å². The second-order valence-corrected chi connectivity index (χ2v) is 8.78. The van der Waals surface area contributed by atoms with Gasteiger partial charge in [0.1, 0.15) is 6.54 Å². The van der Waals surface area contributed by atoms with E-state index in [0.29, 0.717) is 17.0 Å². The molecule has 1 saturated carbocycles. The zero-order valence-corrected chi connectivity index (χ0v) is 17.5. The molecule has 6 nitrogen and oxygen atoms in total. The van der Waals surface area contributed by atoms with Crippen LogP contribution in [0.25, 0.3) is 0 Å². The van der Waals surface area contributed by atoms with Gasteiger partial charge in [0.15, 0.2) is 0 Å². The van der Waals surface area contributed by atoms with Crippen LogP contribution in [-0.2, 0) is 9.59 Å². The van der Waals surface area contributed by atoms with Crippen LogP contribution in [0.5, 0.6) is 0 Å². The first-order valence-electron chi connectivity index (χ1n) is 10.0. The Bertz CT molecular complexity index is 742. The molecule has 2 aliphatic rings. The van der Waals surface area contributed by atoms with E-state index in [-0.39, 0.29) is 30.3 Å². The zero-order chi connectivity index (χ0) is 20.1. The Labute approximate surface area is 171 Å². The normalized spacial score (nSPS) is 18.1. The lowest BCUT2D eigenvalue weighted by Crippen LogP contribution is -2.46. The fraction of sp³-hybridized carbons (Fsp3) is 0.571. The van der Waals surface area contributed by atoms with Gasteiger partial charge in [-0.15, -0.1) is 11.8 Å². The lowest BCUT2D eigenvalue weighted by Gasteiger charge is -2.30. The van der Waals surface area contributed by atoms with Crippen molar-refractivity contribution in [1.82, 2.24) is 10.2 Å². The summed E-state index contributed by atoms with van der Waals surface area (Å²) >= 11 is 1.45. The summed E-state index contributed by atoms with van der Waals surface area (Å²) in [6, 6.07) is 5.56. The maximum absolute atomic E-state index is 12.7. The molecule has 1 aliphatic carbocycles. The van der Waals surface area contributed by atoms with Crippen molar-refractivity contribution in [3.8, 4) is 0 Å². The van der Waals surface area contributed by atoms with Crippen molar-refractivity contribution >= 4 is 35.2 Å². The number of fused-ring (bicyclic) bond motifs is 1. The molecule has 1 fully saturated rings. The number of carbonyl (C=O) groups is 3. The average molecular weight is 404 g/mol. The van der Waals surface area contributed by atoms with Gasteiger partial charge in [-0.05, 0) is 31.0 Å². The van der Waals surface area contributed by atoms with Crippen molar-refractivity contribution in [1.29, 1.82) is 0 Å². The van der Waals surface area contributed by atoms with Crippen LogP contribution in [0.1, 0.15) is 55.3 Å². The molecule has 1 aromatic carbocycles. The monoisotopic (exact) mass is 403 g/mol. The highest BCUT2D eigenvalue weighted by Gasteiger charge is 2.28. The maximum atomic E-state index is 12.7. The van der Waals surface area contributed by atoms with Gasteiger partial charge in [-0.3, -0.25) is 14.4 Å². The number of carbonyl (C=O) groups excluding carboxylic acids is 3. The van der Waals surface area contributed by atoms with Gasteiger partial charge in [-0.1, -0.05) is 32.1 Å². The van der Waals surface area contributed by atoms with E-state index in [9.17, 15) is 14.4 Å². The fourth-order valence-corrected chi connectivity index (χ4v) is 4.70. The van der Waals surface area contributed by atoms with E-state index in [2.05, 4.69) is 5.32 Å². The molecule has 152 valence electrons. The number of rotatable bonds is 4. The van der Waals surface area contributed by atoms with Crippen LogP contribution in [0, 0.1) is 0 Å². The summed E-state index contributed by atoms with van der Waals surface area (Å²) in [7, 11) is 3.39. The molecule has 3 amide bonds. The van der Waals surface area contributed by atoms with E-state index in [4.69, 9.17) is 0 Å². The highest BCUT2D eigenvalue weighted by Crippen LogP contribution is 2.36. The van der Waals surface area contributed by atoms with Crippen LogP contribution in [0.2, 0.25) is 0 Å². The molecule has 1 aromatic rings. The largest absolute Gasteiger partial charge is 0.352 e. The smallest absolute Gasteiger partial charge is 0.253 e. The van der Waals surface area contributed by atoms with Crippen molar-refractivity contribution in [3.63, 3.8) is 0 Å². The SMILES string of the molecule is CN(C)C(=O)c1ccc2c(c1)N(CC(=O)NC1CCCCCCC1)C(=O)CS2. The molecule has 0 bridgehead atoms. The van der Waals surface area contributed by atoms with Gasteiger partial charge >= 0.3 is 0 Å². The third-order valence-corrected chi connectivity index (χ3v) is 6.37. The second kappa shape index (κ2) is 9.45. The standard InChI is InChI=1S/C21H29N3O3S/c1-23(2)21(27)15-10-11-18-17(12-15)24(20(26)14-28-18)13-19(25)22-16-8-6-4-3-5-7-9-16/h10-12,16H,3-9,13-14H2,1-2H3,(H,22,25). The van der Waals surface area contributed by atoms with Crippen molar-refractivity contribution < 1.29 is 14.4 Å². The lowest BCUT2D eigenvalue weighted by atomic mass is 9.97. The van der Waals surface area contributed by atoms with Crippen LogP contribution in [0.3, 0.4) is 0 Å². The molecule has 1 N–H and O–H groups in total. The predicted octanol–water partition coefficient (Wildman–Crippen LogP) is 3.06. The van der Waals surface area contributed by atoms with Crippen molar-refractivity contribution in [3.05, 3.63) is 23.8 Å². The summed E-state index contributed by atoms with van der Waals surface area (Å²) < 4.78 is 0. The highest BCUT2D eigenvalue weighted by molar-refractivity contribution is 8.00. The molecule has 0 saturated heterocycles. The van der Waals surface area contributed by atoms with Gasteiger partial charge in [-0.25, -0.2) is 0 Å². The van der Waals surface area contributed by atoms with E-state index >= 15 is 0 Å². The van der Waals surface area contributed by atoms with Crippen LogP contribution in [0.15, 0.2) is 23.1 Å². The molecule has 0 aromatic heterocycles. The summed E-state index contributed by atoms with van der Waals surface area (Å²) in [6.45, 7) is 0.00248. The minimum Gasteiger partial charge on any atom is -0.352 e. The molecule has 3 rings (SSSR count). The molecule has 7 heteroatoms. The Hall–Kier alpha value is -2.02. The first kappa shape index (κ1) is 20.7. The van der Waals surface area contributed by atoms with Crippen LogP contribution in [-0.4, -0.2) is 55.1 Å². The van der Waals surface area contributed by atoms with Gasteiger partial charge < -0.3 is 15.1 Å². The van der Waals surface area contributed by atoms with Gasteiger partial charge in [0, 0.05) is 30.6 Å². The number of nitrogens with zero attached hydrogens (tertiary/aromatic N) is 2. The number of amides is 3. The number of hydrogen-bond acceptors (Lipinski definition) is 4. The predicted molar refractivity (Wildman–Crippen MR) is 112 cm³/mol. The van der Waals surface area contributed by atoms with E-state index in [1.54, 1.807) is 26.2 Å². The minimum atomic E-state index is -0.124. The summed E-state index contributed by atoms with van der Waals surface area (Å²) in [6.07, 6.45) is 8.04. The van der Waals surface area contributed by atoms with Crippen LogP contribution in [0.4, 0.5) is 5.69 Å².